The molecule has 0 atom stereocenters. The summed E-state index contributed by atoms with van der Waals surface area (Å²) in [5.41, 5.74) is 2.01. The number of aromatic nitrogens is 1. The van der Waals surface area contributed by atoms with Gasteiger partial charge in [-0.05, 0) is 29.8 Å². The molecule has 0 unspecified atom stereocenters. The molecule has 0 saturated carbocycles. The van der Waals surface area contributed by atoms with Gasteiger partial charge in [0.2, 0.25) is 0 Å². The standard InChI is InChI=1S/C14H10Cl2N2S/c15-10-5-6-12-13(7-10)19-14(18-12)17-8-9-3-1-2-4-11(9)16/h1-7H,8H2,(H,17,18). The molecule has 96 valence electrons. The number of anilines is 1. The summed E-state index contributed by atoms with van der Waals surface area (Å²) in [5.74, 6) is 0. The summed E-state index contributed by atoms with van der Waals surface area (Å²) in [6, 6.07) is 13.5. The highest BCUT2D eigenvalue weighted by molar-refractivity contribution is 7.22. The Morgan fingerprint density at radius 1 is 1.11 bits per heavy atom. The lowest BCUT2D eigenvalue weighted by Gasteiger charge is -2.04. The van der Waals surface area contributed by atoms with E-state index in [1.807, 2.05) is 42.5 Å². The molecule has 0 spiro atoms. The van der Waals surface area contributed by atoms with Gasteiger partial charge in [-0.3, -0.25) is 0 Å². The lowest BCUT2D eigenvalue weighted by Crippen LogP contribution is -1.99. The van der Waals surface area contributed by atoms with Crippen molar-refractivity contribution >= 4 is 49.9 Å². The zero-order valence-corrected chi connectivity index (χ0v) is 12.2. The molecule has 1 aromatic heterocycles. The Morgan fingerprint density at radius 3 is 2.79 bits per heavy atom. The molecule has 1 heterocycles. The first kappa shape index (κ1) is 12.7. The minimum Gasteiger partial charge on any atom is -0.357 e. The molecule has 0 bridgehead atoms. The van der Waals surface area contributed by atoms with Gasteiger partial charge in [0.1, 0.15) is 0 Å². The number of nitrogens with one attached hydrogen (secondary N) is 1. The smallest absolute Gasteiger partial charge is 0.184 e. The average molecular weight is 309 g/mol. The highest BCUT2D eigenvalue weighted by atomic mass is 35.5. The monoisotopic (exact) mass is 308 g/mol. The Bertz CT molecular complexity index is 724. The van der Waals surface area contributed by atoms with E-state index in [0.717, 1.165) is 31.0 Å². The highest BCUT2D eigenvalue weighted by Crippen LogP contribution is 2.28. The van der Waals surface area contributed by atoms with Crippen LogP contribution in [0.5, 0.6) is 0 Å². The van der Waals surface area contributed by atoms with E-state index in [1.54, 1.807) is 11.3 Å². The van der Waals surface area contributed by atoms with Crippen LogP contribution in [0.1, 0.15) is 5.56 Å². The lowest BCUT2D eigenvalue weighted by molar-refractivity contribution is 1.14. The molecule has 0 aliphatic carbocycles. The van der Waals surface area contributed by atoms with E-state index in [9.17, 15) is 0 Å². The van der Waals surface area contributed by atoms with Gasteiger partial charge in [-0.15, -0.1) is 0 Å². The maximum Gasteiger partial charge on any atom is 0.184 e. The number of nitrogens with zero attached hydrogens (tertiary/aromatic N) is 1. The van der Waals surface area contributed by atoms with Crippen molar-refractivity contribution in [2.45, 2.75) is 6.54 Å². The van der Waals surface area contributed by atoms with Crippen molar-refractivity contribution in [3.63, 3.8) is 0 Å². The molecule has 1 N–H and O–H groups in total. The molecule has 19 heavy (non-hydrogen) atoms. The summed E-state index contributed by atoms with van der Waals surface area (Å²) in [5, 5.41) is 5.66. The van der Waals surface area contributed by atoms with Crippen molar-refractivity contribution < 1.29 is 0 Å². The maximum atomic E-state index is 6.12. The van der Waals surface area contributed by atoms with Crippen molar-refractivity contribution in [1.82, 2.24) is 4.98 Å². The van der Waals surface area contributed by atoms with Gasteiger partial charge < -0.3 is 5.32 Å². The molecule has 0 aliphatic rings. The number of hydrogen-bond donors (Lipinski definition) is 1. The van der Waals surface area contributed by atoms with Crippen LogP contribution < -0.4 is 5.32 Å². The third-order valence-corrected chi connectivity index (χ3v) is 4.32. The van der Waals surface area contributed by atoms with Crippen molar-refractivity contribution in [3.8, 4) is 0 Å². The van der Waals surface area contributed by atoms with Gasteiger partial charge in [0, 0.05) is 16.6 Å². The van der Waals surface area contributed by atoms with E-state index in [1.165, 1.54) is 0 Å². The molecule has 0 radical (unpaired) electrons. The van der Waals surface area contributed by atoms with Gasteiger partial charge in [-0.2, -0.15) is 0 Å². The van der Waals surface area contributed by atoms with Gasteiger partial charge in [-0.1, -0.05) is 52.7 Å². The minimum absolute atomic E-state index is 0.660. The van der Waals surface area contributed by atoms with Crippen LogP contribution in [0.15, 0.2) is 42.5 Å². The summed E-state index contributed by atoms with van der Waals surface area (Å²) >= 11 is 13.7. The van der Waals surface area contributed by atoms with Gasteiger partial charge in [0.05, 0.1) is 10.2 Å². The molecular formula is C14H10Cl2N2S. The summed E-state index contributed by atoms with van der Waals surface area (Å²) < 4.78 is 1.08. The molecule has 3 rings (SSSR count). The predicted octanol–water partition coefficient (Wildman–Crippen LogP) is 5.22. The van der Waals surface area contributed by atoms with Crippen LogP contribution >= 0.6 is 34.5 Å². The number of halogens is 2. The molecule has 0 fully saturated rings. The van der Waals surface area contributed by atoms with Gasteiger partial charge >= 0.3 is 0 Å². The van der Waals surface area contributed by atoms with Crippen LogP contribution in [0, 0.1) is 0 Å². The van der Waals surface area contributed by atoms with E-state index < -0.39 is 0 Å². The topological polar surface area (TPSA) is 24.9 Å². The van der Waals surface area contributed by atoms with Gasteiger partial charge in [0.25, 0.3) is 0 Å². The van der Waals surface area contributed by atoms with Crippen LogP contribution in [0.3, 0.4) is 0 Å². The zero-order chi connectivity index (χ0) is 13.2. The number of thiazole rings is 1. The SMILES string of the molecule is Clc1ccc2nc(NCc3ccccc3Cl)sc2c1. The summed E-state index contributed by atoms with van der Waals surface area (Å²) in [7, 11) is 0. The molecule has 0 saturated heterocycles. The highest BCUT2D eigenvalue weighted by Gasteiger charge is 2.05. The molecule has 2 nitrogen and oxygen atoms in total. The van der Waals surface area contributed by atoms with Crippen LogP contribution in [0.2, 0.25) is 10.0 Å². The Balaban J connectivity index is 1.80. The number of benzene rings is 2. The normalized spacial score (nSPS) is 10.8. The Morgan fingerprint density at radius 2 is 1.95 bits per heavy atom. The van der Waals surface area contributed by atoms with Crippen molar-refractivity contribution in [2.24, 2.45) is 0 Å². The summed E-state index contributed by atoms with van der Waals surface area (Å²) in [4.78, 5) is 4.50. The average Bonchev–Trinajstić information content (AvgIpc) is 2.79. The summed E-state index contributed by atoms with van der Waals surface area (Å²) in [6.45, 7) is 0.660. The van der Waals surface area contributed by atoms with E-state index in [2.05, 4.69) is 10.3 Å². The van der Waals surface area contributed by atoms with Crippen molar-refractivity contribution in [1.29, 1.82) is 0 Å². The van der Waals surface area contributed by atoms with E-state index in [0.29, 0.717) is 6.54 Å². The third-order valence-electron chi connectivity index (χ3n) is 2.74. The third kappa shape index (κ3) is 2.84. The Kier molecular flexibility index (Phi) is 3.60. The van der Waals surface area contributed by atoms with E-state index >= 15 is 0 Å². The van der Waals surface area contributed by atoms with Crippen molar-refractivity contribution in [2.75, 3.05) is 5.32 Å². The Labute approximate surface area is 125 Å². The van der Waals surface area contributed by atoms with E-state index in [4.69, 9.17) is 23.2 Å². The van der Waals surface area contributed by atoms with Crippen LogP contribution in [0.4, 0.5) is 5.13 Å². The van der Waals surface area contributed by atoms with Crippen LogP contribution in [-0.4, -0.2) is 4.98 Å². The molecule has 0 amide bonds. The fraction of sp³-hybridized carbons (Fsp3) is 0.0714. The van der Waals surface area contributed by atoms with Gasteiger partial charge in [0.15, 0.2) is 5.13 Å². The van der Waals surface area contributed by atoms with E-state index in [-0.39, 0.29) is 0 Å². The minimum atomic E-state index is 0.660. The number of hydrogen-bond acceptors (Lipinski definition) is 3. The molecular weight excluding hydrogens is 299 g/mol. The first-order valence-electron chi connectivity index (χ1n) is 5.76. The Hall–Kier alpha value is -1.29. The fourth-order valence-electron chi connectivity index (χ4n) is 1.79. The first-order chi connectivity index (χ1) is 9.22. The molecule has 5 heteroatoms. The predicted molar refractivity (Wildman–Crippen MR) is 83.4 cm³/mol. The maximum absolute atomic E-state index is 6.12. The second kappa shape index (κ2) is 5.37. The van der Waals surface area contributed by atoms with Gasteiger partial charge in [-0.25, -0.2) is 4.98 Å². The molecule has 3 aromatic rings. The molecule has 2 aromatic carbocycles. The second-order valence-corrected chi connectivity index (χ2v) is 5.95. The zero-order valence-electron chi connectivity index (χ0n) is 9.86. The largest absolute Gasteiger partial charge is 0.357 e. The van der Waals surface area contributed by atoms with Crippen LogP contribution in [0.25, 0.3) is 10.2 Å². The first-order valence-corrected chi connectivity index (χ1v) is 7.33. The van der Waals surface area contributed by atoms with Crippen molar-refractivity contribution in [3.05, 3.63) is 58.1 Å². The number of rotatable bonds is 3. The van der Waals surface area contributed by atoms with Crippen LogP contribution in [-0.2, 0) is 6.54 Å². The second-order valence-electron chi connectivity index (χ2n) is 4.08. The fourth-order valence-corrected chi connectivity index (χ4v) is 3.13. The summed E-state index contributed by atoms with van der Waals surface area (Å²) in [6.07, 6.45) is 0. The quantitative estimate of drug-likeness (QED) is 0.718. The molecule has 0 aliphatic heterocycles. The number of fused-ring (bicyclic) bond motifs is 1. The lowest BCUT2D eigenvalue weighted by atomic mass is 10.2.